The average molecular weight is 228 g/mol. The van der Waals surface area contributed by atoms with Crippen LogP contribution in [0, 0.1) is 5.92 Å². The Morgan fingerprint density at radius 3 is 2.67 bits per heavy atom. The third-order valence-electron chi connectivity index (χ3n) is 2.15. The largest absolute Gasteiger partial charge is 0.369 e. The van der Waals surface area contributed by atoms with Gasteiger partial charge in [-0.2, -0.15) is 0 Å². The number of aromatic nitrogens is 2. The van der Waals surface area contributed by atoms with E-state index in [2.05, 4.69) is 29.4 Å². The van der Waals surface area contributed by atoms with E-state index in [1.54, 1.807) is 6.07 Å². The van der Waals surface area contributed by atoms with Gasteiger partial charge in [-0.3, -0.25) is 0 Å². The fourth-order valence-corrected chi connectivity index (χ4v) is 1.41. The van der Waals surface area contributed by atoms with E-state index < -0.39 is 0 Å². The van der Waals surface area contributed by atoms with Crippen LogP contribution in [0.15, 0.2) is 12.1 Å². The molecule has 1 heterocycles. The van der Waals surface area contributed by atoms with Gasteiger partial charge in [0.05, 0.1) is 0 Å². The van der Waals surface area contributed by atoms with Crippen molar-refractivity contribution >= 4 is 17.4 Å². The van der Waals surface area contributed by atoms with Gasteiger partial charge in [0.2, 0.25) is 0 Å². The van der Waals surface area contributed by atoms with Crippen molar-refractivity contribution in [1.82, 2.24) is 10.2 Å². The molecule has 84 valence electrons. The minimum Gasteiger partial charge on any atom is -0.369 e. The van der Waals surface area contributed by atoms with E-state index in [4.69, 9.17) is 11.6 Å². The van der Waals surface area contributed by atoms with Crippen molar-refractivity contribution in [3.8, 4) is 0 Å². The van der Waals surface area contributed by atoms with Crippen LogP contribution in [0.1, 0.15) is 33.1 Å². The molecule has 0 aliphatic carbocycles. The number of halogens is 1. The van der Waals surface area contributed by atoms with Gasteiger partial charge in [-0.15, -0.1) is 10.2 Å². The second kappa shape index (κ2) is 6.62. The second-order valence-corrected chi connectivity index (χ2v) is 4.44. The quantitative estimate of drug-likeness (QED) is 0.758. The summed E-state index contributed by atoms with van der Waals surface area (Å²) in [5.74, 6) is 1.59. The van der Waals surface area contributed by atoms with Crippen molar-refractivity contribution in [2.45, 2.75) is 33.1 Å². The Bertz CT molecular complexity index is 272. The Balaban J connectivity index is 2.12. The normalized spacial score (nSPS) is 10.7. The third kappa shape index (κ3) is 5.57. The molecule has 3 nitrogen and oxygen atoms in total. The lowest BCUT2D eigenvalue weighted by atomic mass is 10.1. The Morgan fingerprint density at radius 1 is 1.27 bits per heavy atom. The highest BCUT2D eigenvalue weighted by atomic mass is 35.5. The first-order chi connectivity index (χ1) is 7.18. The highest BCUT2D eigenvalue weighted by Crippen LogP contribution is 2.08. The molecule has 1 rings (SSSR count). The Labute approximate surface area is 96.2 Å². The lowest BCUT2D eigenvalue weighted by Crippen LogP contribution is -2.04. The fourth-order valence-electron chi connectivity index (χ4n) is 1.30. The summed E-state index contributed by atoms with van der Waals surface area (Å²) in [5.41, 5.74) is 0. The first-order valence-corrected chi connectivity index (χ1v) is 5.79. The molecule has 0 radical (unpaired) electrons. The van der Waals surface area contributed by atoms with Crippen molar-refractivity contribution < 1.29 is 0 Å². The topological polar surface area (TPSA) is 37.8 Å². The van der Waals surface area contributed by atoms with E-state index in [0.717, 1.165) is 18.3 Å². The highest BCUT2D eigenvalue weighted by molar-refractivity contribution is 6.29. The molecule has 0 unspecified atom stereocenters. The second-order valence-electron chi connectivity index (χ2n) is 4.06. The maximum absolute atomic E-state index is 5.63. The number of nitrogens with zero attached hydrogens (tertiary/aromatic N) is 2. The molecule has 15 heavy (non-hydrogen) atoms. The Morgan fingerprint density at radius 2 is 2.07 bits per heavy atom. The molecule has 0 aliphatic heterocycles. The Kier molecular flexibility index (Phi) is 5.40. The van der Waals surface area contributed by atoms with E-state index in [1.807, 2.05) is 6.07 Å². The molecular formula is C11H18ClN3. The van der Waals surface area contributed by atoms with Gasteiger partial charge < -0.3 is 5.32 Å². The van der Waals surface area contributed by atoms with Crippen LogP contribution in [0.2, 0.25) is 5.15 Å². The standard InChI is InChI=1S/C11H18ClN3/c1-9(2)5-3-4-8-13-11-7-6-10(12)14-15-11/h6-7,9H,3-5,8H2,1-2H3,(H,13,15). The molecule has 0 saturated heterocycles. The van der Waals surface area contributed by atoms with E-state index >= 15 is 0 Å². The van der Waals surface area contributed by atoms with E-state index in [9.17, 15) is 0 Å². The van der Waals surface area contributed by atoms with Crippen molar-refractivity contribution in [3.63, 3.8) is 0 Å². The summed E-state index contributed by atoms with van der Waals surface area (Å²) < 4.78 is 0. The van der Waals surface area contributed by atoms with Crippen LogP contribution < -0.4 is 5.32 Å². The number of anilines is 1. The summed E-state index contributed by atoms with van der Waals surface area (Å²) in [5, 5.41) is 11.3. The number of rotatable bonds is 6. The monoisotopic (exact) mass is 227 g/mol. The summed E-state index contributed by atoms with van der Waals surface area (Å²) in [6.45, 7) is 5.44. The molecule has 0 aromatic carbocycles. The smallest absolute Gasteiger partial charge is 0.151 e. The Hall–Kier alpha value is -0.830. The van der Waals surface area contributed by atoms with Gasteiger partial charge in [-0.05, 0) is 24.5 Å². The van der Waals surface area contributed by atoms with Gasteiger partial charge in [0.15, 0.2) is 5.15 Å². The lowest BCUT2D eigenvalue weighted by molar-refractivity contribution is 0.544. The van der Waals surface area contributed by atoms with Crippen LogP contribution in [0.25, 0.3) is 0 Å². The van der Waals surface area contributed by atoms with Crippen LogP contribution in [0.4, 0.5) is 5.82 Å². The molecule has 1 N–H and O–H groups in total. The molecule has 0 aliphatic rings. The summed E-state index contributed by atoms with van der Waals surface area (Å²) in [7, 11) is 0. The summed E-state index contributed by atoms with van der Waals surface area (Å²) in [4.78, 5) is 0. The molecule has 0 atom stereocenters. The number of unbranched alkanes of at least 4 members (excludes halogenated alkanes) is 1. The fraction of sp³-hybridized carbons (Fsp3) is 0.636. The zero-order chi connectivity index (χ0) is 11.1. The molecule has 0 saturated carbocycles. The van der Waals surface area contributed by atoms with Gasteiger partial charge in [0.25, 0.3) is 0 Å². The molecule has 0 fully saturated rings. The van der Waals surface area contributed by atoms with Gasteiger partial charge in [-0.1, -0.05) is 38.3 Å². The number of nitrogens with one attached hydrogen (secondary N) is 1. The summed E-state index contributed by atoms with van der Waals surface area (Å²) >= 11 is 5.63. The predicted octanol–water partition coefficient (Wildman–Crippen LogP) is 3.37. The van der Waals surface area contributed by atoms with Gasteiger partial charge in [-0.25, -0.2) is 0 Å². The van der Waals surface area contributed by atoms with Gasteiger partial charge >= 0.3 is 0 Å². The van der Waals surface area contributed by atoms with Crippen molar-refractivity contribution in [2.24, 2.45) is 5.92 Å². The predicted molar refractivity (Wildman–Crippen MR) is 64.2 cm³/mol. The molecular weight excluding hydrogens is 210 g/mol. The van der Waals surface area contributed by atoms with Crippen molar-refractivity contribution in [2.75, 3.05) is 11.9 Å². The van der Waals surface area contributed by atoms with E-state index in [0.29, 0.717) is 5.15 Å². The third-order valence-corrected chi connectivity index (χ3v) is 2.35. The molecule has 4 heteroatoms. The van der Waals surface area contributed by atoms with Crippen molar-refractivity contribution in [1.29, 1.82) is 0 Å². The highest BCUT2D eigenvalue weighted by Gasteiger charge is 1.96. The maximum atomic E-state index is 5.63. The van der Waals surface area contributed by atoms with Crippen LogP contribution in [0.5, 0.6) is 0 Å². The molecule has 0 amide bonds. The first-order valence-electron chi connectivity index (χ1n) is 5.41. The van der Waals surface area contributed by atoms with Crippen molar-refractivity contribution in [3.05, 3.63) is 17.3 Å². The van der Waals surface area contributed by atoms with Gasteiger partial charge in [0, 0.05) is 6.54 Å². The maximum Gasteiger partial charge on any atom is 0.151 e. The number of hydrogen-bond donors (Lipinski definition) is 1. The minimum absolute atomic E-state index is 0.431. The minimum atomic E-state index is 0.431. The average Bonchev–Trinajstić information content (AvgIpc) is 2.20. The van der Waals surface area contributed by atoms with E-state index in [1.165, 1.54) is 19.3 Å². The zero-order valence-electron chi connectivity index (χ0n) is 9.33. The molecule has 0 spiro atoms. The first kappa shape index (κ1) is 12.2. The molecule has 1 aromatic heterocycles. The lowest BCUT2D eigenvalue weighted by Gasteiger charge is -2.06. The van der Waals surface area contributed by atoms with Crippen LogP contribution in [-0.4, -0.2) is 16.7 Å². The molecule has 1 aromatic rings. The van der Waals surface area contributed by atoms with Crippen LogP contribution in [0.3, 0.4) is 0 Å². The summed E-state index contributed by atoms with van der Waals surface area (Å²) in [6, 6.07) is 3.59. The summed E-state index contributed by atoms with van der Waals surface area (Å²) in [6.07, 6.45) is 3.71. The number of hydrogen-bond acceptors (Lipinski definition) is 3. The van der Waals surface area contributed by atoms with Gasteiger partial charge in [0.1, 0.15) is 5.82 Å². The SMILES string of the molecule is CC(C)CCCCNc1ccc(Cl)nn1. The molecule has 0 bridgehead atoms. The van der Waals surface area contributed by atoms with Crippen LogP contribution in [-0.2, 0) is 0 Å². The zero-order valence-corrected chi connectivity index (χ0v) is 10.1. The van der Waals surface area contributed by atoms with E-state index in [-0.39, 0.29) is 0 Å². The van der Waals surface area contributed by atoms with Crippen LogP contribution >= 0.6 is 11.6 Å².